The molecule has 1 aliphatic rings. The van der Waals surface area contributed by atoms with E-state index < -0.39 is 19.9 Å². The molecule has 0 spiro atoms. The molecule has 1 heterocycles. The molecule has 1 unspecified atom stereocenters. The molecular weight excluding hydrogens is 326 g/mol. The van der Waals surface area contributed by atoms with Crippen molar-refractivity contribution >= 4 is 19.9 Å². The van der Waals surface area contributed by atoms with Gasteiger partial charge in [0.2, 0.25) is 10.0 Å². The number of hydrogen-bond acceptors (Lipinski definition) is 5. The van der Waals surface area contributed by atoms with Gasteiger partial charge in [-0.1, -0.05) is 6.07 Å². The van der Waals surface area contributed by atoms with Gasteiger partial charge in [-0.15, -0.1) is 0 Å². The Labute approximate surface area is 132 Å². The molecule has 0 saturated carbocycles. The number of benzene rings is 1. The first kappa shape index (κ1) is 17.4. The van der Waals surface area contributed by atoms with E-state index in [1.807, 2.05) is 6.92 Å². The highest BCUT2D eigenvalue weighted by atomic mass is 32.2. The summed E-state index contributed by atoms with van der Waals surface area (Å²) in [6, 6.07) is 5.49. The number of piperidine rings is 1. The van der Waals surface area contributed by atoms with E-state index >= 15 is 0 Å². The van der Waals surface area contributed by atoms with Gasteiger partial charge in [0.1, 0.15) is 0 Å². The standard InChI is InChI=1S/C14H21NO5S2/c1-3-20-12-6-5-9-15(11-12)22(18,19)14-8-4-7-13(10-14)21(2,16)17/h4,7-8,10,12H,3,5-6,9,11H2,1-2H3. The Hall–Kier alpha value is -0.960. The Bertz CT molecular complexity index is 725. The van der Waals surface area contributed by atoms with Gasteiger partial charge in [0.15, 0.2) is 9.84 Å². The molecule has 0 aliphatic carbocycles. The van der Waals surface area contributed by atoms with Crippen LogP contribution in [0, 0.1) is 0 Å². The summed E-state index contributed by atoms with van der Waals surface area (Å²) in [6.07, 6.45) is 2.52. The minimum absolute atomic E-state index is 0.00643. The van der Waals surface area contributed by atoms with Crippen molar-refractivity contribution in [3.05, 3.63) is 24.3 Å². The van der Waals surface area contributed by atoms with Gasteiger partial charge in [0, 0.05) is 26.0 Å². The van der Waals surface area contributed by atoms with Crippen LogP contribution >= 0.6 is 0 Å². The van der Waals surface area contributed by atoms with Gasteiger partial charge >= 0.3 is 0 Å². The van der Waals surface area contributed by atoms with Crippen LogP contribution in [0.1, 0.15) is 19.8 Å². The molecule has 22 heavy (non-hydrogen) atoms. The third-order valence-electron chi connectivity index (χ3n) is 3.61. The predicted molar refractivity (Wildman–Crippen MR) is 83.0 cm³/mol. The number of nitrogens with zero attached hydrogens (tertiary/aromatic N) is 1. The summed E-state index contributed by atoms with van der Waals surface area (Å²) in [6.45, 7) is 3.15. The number of hydrogen-bond donors (Lipinski definition) is 0. The maximum atomic E-state index is 12.7. The Balaban J connectivity index is 2.30. The van der Waals surface area contributed by atoms with E-state index in [4.69, 9.17) is 4.74 Å². The van der Waals surface area contributed by atoms with E-state index in [0.29, 0.717) is 19.7 Å². The molecule has 1 aromatic carbocycles. The molecule has 0 radical (unpaired) electrons. The number of ether oxygens (including phenoxy) is 1. The molecule has 2 rings (SSSR count). The summed E-state index contributed by atoms with van der Waals surface area (Å²) < 4.78 is 55.5. The van der Waals surface area contributed by atoms with Gasteiger partial charge < -0.3 is 4.74 Å². The van der Waals surface area contributed by atoms with Gasteiger partial charge in [-0.25, -0.2) is 16.8 Å². The summed E-state index contributed by atoms with van der Waals surface area (Å²) >= 11 is 0. The molecule has 8 heteroatoms. The van der Waals surface area contributed by atoms with Crippen LogP contribution in [-0.2, 0) is 24.6 Å². The molecule has 1 aliphatic heterocycles. The molecule has 6 nitrogen and oxygen atoms in total. The van der Waals surface area contributed by atoms with Crippen LogP contribution in [-0.4, -0.2) is 53.2 Å². The monoisotopic (exact) mass is 347 g/mol. The average Bonchev–Trinajstić information content (AvgIpc) is 2.47. The average molecular weight is 347 g/mol. The lowest BCUT2D eigenvalue weighted by Gasteiger charge is -2.31. The van der Waals surface area contributed by atoms with E-state index in [9.17, 15) is 16.8 Å². The van der Waals surface area contributed by atoms with Crippen molar-refractivity contribution in [2.24, 2.45) is 0 Å². The lowest BCUT2D eigenvalue weighted by molar-refractivity contribution is 0.0265. The summed E-state index contributed by atoms with van der Waals surface area (Å²) in [4.78, 5) is 0.0134. The Morgan fingerprint density at radius 1 is 1.23 bits per heavy atom. The third-order valence-corrected chi connectivity index (χ3v) is 6.59. The molecule has 1 aromatic rings. The fourth-order valence-corrected chi connectivity index (χ4v) is 4.81. The lowest BCUT2D eigenvalue weighted by Crippen LogP contribution is -2.43. The molecule has 0 aromatic heterocycles. The van der Waals surface area contributed by atoms with Gasteiger partial charge in [-0.3, -0.25) is 0 Å². The van der Waals surface area contributed by atoms with Crippen molar-refractivity contribution in [3.8, 4) is 0 Å². The molecular formula is C14H21NO5S2. The zero-order chi connectivity index (χ0) is 16.4. The van der Waals surface area contributed by atoms with E-state index in [2.05, 4.69) is 0 Å². The topological polar surface area (TPSA) is 80.8 Å². The Morgan fingerprint density at radius 3 is 2.55 bits per heavy atom. The molecule has 1 atom stereocenters. The maximum absolute atomic E-state index is 12.7. The second-order valence-electron chi connectivity index (χ2n) is 5.33. The highest BCUT2D eigenvalue weighted by Gasteiger charge is 2.31. The first-order valence-corrected chi connectivity index (χ1v) is 10.5. The zero-order valence-corrected chi connectivity index (χ0v) is 14.4. The summed E-state index contributed by atoms with van der Waals surface area (Å²) in [7, 11) is -7.15. The van der Waals surface area contributed by atoms with Crippen molar-refractivity contribution in [2.75, 3.05) is 26.0 Å². The van der Waals surface area contributed by atoms with Crippen molar-refractivity contribution in [2.45, 2.75) is 35.7 Å². The van der Waals surface area contributed by atoms with Gasteiger partial charge in [0.25, 0.3) is 0 Å². The Morgan fingerprint density at radius 2 is 1.91 bits per heavy atom. The van der Waals surface area contributed by atoms with E-state index in [1.165, 1.54) is 28.6 Å². The van der Waals surface area contributed by atoms with Gasteiger partial charge in [-0.2, -0.15) is 4.31 Å². The van der Waals surface area contributed by atoms with E-state index in [1.54, 1.807) is 0 Å². The highest BCUT2D eigenvalue weighted by molar-refractivity contribution is 7.91. The molecule has 0 bridgehead atoms. The second-order valence-corrected chi connectivity index (χ2v) is 9.28. The fourth-order valence-electron chi connectivity index (χ4n) is 2.51. The SMILES string of the molecule is CCOC1CCCN(S(=O)(=O)c2cccc(S(C)(=O)=O)c2)C1. The van der Waals surface area contributed by atoms with Gasteiger partial charge in [-0.05, 0) is 38.0 Å². The van der Waals surface area contributed by atoms with Crippen molar-refractivity contribution in [3.63, 3.8) is 0 Å². The van der Waals surface area contributed by atoms with Crippen molar-refractivity contribution in [1.82, 2.24) is 4.31 Å². The molecule has 124 valence electrons. The number of sulfone groups is 1. The predicted octanol–water partition coefficient (Wildman–Crippen LogP) is 1.28. The molecule has 0 N–H and O–H groups in total. The fraction of sp³-hybridized carbons (Fsp3) is 0.571. The largest absolute Gasteiger partial charge is 0.377 e. The van der Waals surface area contributed by atoms with Gasteiger partial charge in [0.05, 0.1) is 15.9 Å². The normalized spacial score (nSPS) is 20.9. The quantitative estimate of drug-likeness (QED) is 0.801. The van der Waals surface area contributed by atoms with E-state index in [-0.39, 0.29) is 15.9 Å². The van der Waals surface area contributed by atoms with Crippen LogP contribution in [0.15, 0.2) is 34.1 Å². The highest BCUT2D eigenvalue weighted by Crippen LogP contribution is 2.23. The first-order valence-electron chi connectivity index (χ1n) is 7.17. The van der Waals surface area contributed by atoms with Crippen LogP contribution < -0.4 is 0 Å². The molecule has 0 amide bonds. The van der Waals surface area contributed by atoms with Crippen molar-refractivity contribution in [1.29, 1.82) is 0 Å². The van der Waals surface area contributed by atoms with E-state index in [0.717, 1.165) is 19.1 Å². The molecule has 1 fully saturated rings. The van der Waals surface area contributed by atoms with Crippen LogP contribution in [0.5, 0.6) is 0 Å². The second kappa shape index (κ2) is 6.66. The number of sulfonamides is 1. The lowest BCUT2D eigenvalue weighted by atomic mass is 10.1. The zero-order valence-electron chi connectivity index (χ0n) is 12.7. The molecule has 1 saturated heterocycles. The van der Waals surface area contributed by atoms with Crippen molar-refractivity contribution < 1.29 is 21.6 Å². The van der Waals surface area contributed by atoms with Crippen LogP contribution in [0.25, 0.3) is 0 Å². The van der Waals surface area contributed by atoms with Crippen LogP contribution in [0.3, 0.4) is 0 Å². The minimum Gasteiger partial charge on any atom is -0.377 e. The summed E-state index contributed by atoms with van der Waals surface area (Å²) in [5, 5.41) is 0. The maximum Gasteiger partial charge on any atom is 0.243 e. The van der Waals surface area contributed by atoms with Crippen LogP contribution in [0.4, 0.5) is 0 Å². The summed E-state index contributed by atoms with van der Waals surface area (Å²) in [5.74, 6) is 0. The first-order chi connectivity index (χ1) is 10.2. The summed E-state index contributed by atoms with van der Waals surface area (Å²) in [5.41, 5.74) is 0. The Kier molecular flexibility index (Phi) is 5.26. The smallest absolute Gasteiger partial charge is 0.243 e. The minimum atomic E-state index is -3.71. The third kappa shape index (κ3) is 3.87. The van der Waals surface area contributed by atoms with Crippen LogP contribution in [0.2, 0.25) is 0 Å². The number of rotatable bonds is 5.